The molecule has 3 aromatic carbocycles. The van der Waals surface area contributed by atoms with Gasteiger partial charge in [-0.25, -0.2) is 0 Å². The summed E-state index contributed by atoms with van der Waals surface area (Å²) in [6.07, 6.45) is 1.51. The molecule has 0 atom stereocenters. The summed E-state index contributed by atoms with van der Waals surface area (Å²) in [7, 11) is 1.54. The van der Waals surface area contributed by atoms with E-state index in [1.807, 2.05) is 42.5 Å². The maximum Gasteiger partial charge on any atom is 0.266 e. The number of carbonyl (C=O) groups excluding carboxylic acids is 1. The lowest BCUT2D eigenvalue weighted by Crippen LogP contribution is -2.13. The minimum atomic E-state index is -0.487. The summed E-state index contributed by atoms with van der Waals surface area (Å²) in [4.78, 5) is 12.5. The first-order valence-corrected chi connectivity index (χ1v) is 12.0. The Bertz CT molecular complexity index is 1190. The summed E-state index contributed by atoms with van der Waals surface area (Å²) in [6, 6.07) is 20.6. The summed E-state index contributed by atoms with van der Waals surface area (Å²) < 4.78 is 14.1. The van der Waals surface area contributed by atoms with E-state index < -0.39 is 5.91 Å². The smallest absolute Gasteiger partial charge is 0.266 e. The van der Waals surface area contributed by atoms with Crippen LogP contribution in [0, 0.1) is 14.9 Å². The van der Waals surface area contributed by atoms with E-state index in [-0.39, 0.29) is 5.57 Å². The maximum atomic E-state index is 12.5. The van der Waals surface area contributed by atoms with E-state index in [2.05, 4.69) is 59.8 Å². The molecule has 162 valence electrons. The first-order valence-electron chi connectivity index (χ1n) is 9.33. The largest absolute Gasteiger partial charge is 0.493 e. The molecule has 0 saturated carbocycles. The molecule has 8 heteroatoms. The highest BCUT2D eigenvalue weighted by Crippen LogP contribution is 2.38. The van der Waals surface area contributed by atoms with Gasteiger partial charge in [-0.3, -0.25) is 4.79 Å². The number of carbonyl (C=O) groups is 1. The second-order valence-electron chi connectivity index (χ2n) is 6.58. The van der Waals surface area contributed by atoms with Crippen LogP contribution in [0.3, 0.4) is 0 Å². The molecule has 0 bridgehead atoms. The number of hydrogen-bond acceptors (Lipinski definition) is 4. The van der Waals surface area contributed by atoms with E-state index >= 15 is 0 Å². The highest BCUT2D eigenvalue weighted by atomic mass is 127. The highest BCUT2D eigenvalue weighted by Gasteiger charge is 2.14. The molecule has 1 N–H and O–H groups in total. The van der Waals surface area contributed by atoms with Gasteiger partial charge in [-0.1, -0.05) is 28.1 Å². The Morgan fingerprint density at radius 1 is 1.12 bits per heavy atom. The normalized spacial score (nSPS) is 10.9. The van der Waals surface area contributed by atoms with E-state index in [9.17, 15) is 10.1 Å². The number of amides is 1. The lowest BCUT2D eigenvalue weighted by molar-refractivity contribution is -0.112. The molecule has 0 aromatic heterocycles. The molecule has 1 amide bonds. The summed E-state index contributed by atoms with van der Waals surface area (Å²) in [5, 5.41) is 12.2. The molecule has 0 aliphatic carbocycles. The molecule has 5 nitrogen and oxygen atoms in total. The van der Waals surface area contributed by atoms with Gasteiger partial charge in [0, 0.05) is 13.7 Å². The van der Waals surface area contributed by atoms with E-state index in [4.69, 9.17) is 9.47 Å². The average Bonchev–Trinajstić information content (AvgIpc) is 2.79. The third kappa shape index (κ3) is 6.58. The van der Waals surface area contributed by atoms with Gasteiger partial charge in [-0.2, -0.15) is 5.26 Å². The quantitative estimate of drug-likeness (QED) is 0.168. The van der Waals surface area contributed by atoms with Crippen molar-refractivity contribution < 1.29 is 14.3 Å². The van der Waals surface area contributed by atoms with E-state index in [1.165, 1.54) is 13.2 Å². The molecular weight excluding hydrogens is 651 g/mol. The van der Waals surface area contributed by atoms with Crippen LogP contribution >= 0.6 is 54.5 Å². The average molecular weight is 668 g/mol. The molecule has 32 heavy (non-hydrogen) atoms. The molecule has 3 aromatic rings. The Kier molecular flexibility index (Phi) is 8.73. The Morgan fingerprint density at radius 3 is 2.44 bits per heavy atom. The fourth-order valence-corrected chi connectivity index (χ4v) is 3.94. The maximum absolute atomic E-state index is 12.5. The van der Waals surface area contributed by atoms with Crippen LogP contribution in [0.4, 0.5) is 5.69 Å². The molecule has 0 unspecified atom stereocenters. The number of anilines is 1. The van der Waals surface area contributed by atoms with Gasteiger partial charge < -0.3 is 14.8 Å². The number of rotatable bonds is 7. The van der Waals surface area contributed by atoms with Crippen molar-refractivity contribution in [3.63, 3.8) is 0 Å². The predicted molar refractivity (Wildman–Crippen MR) is 141 cm³/mol. The van der Waals surface area contributed by atoms with Crippen LogP contribution in [0.25, 0.3) is 6.08 Å². The van der Waals surface area contributed by atoms with Gasteiger partial charge in [-0.05, 0) is 104 Å². The van der Waals surface area contributed by atoms with Crippen molar-refractivity contribution in [2.75, 3.05) is 12.4 Å². The Balaban J connectivity index is 1.80. The van der Waals surface area contributed by atoms with Gasteiger partial charge in [0.25, 0.3) is 5.91 Å². The van der Waals surface area contributed by atoms with Crippen molar-refractivity contribution in [2.45, 2.75) is 6.61 Å². The fourth-order valence-electron chi connectivity index (χ4n) is 2.75. The van der Waals surface area contributed by atoms with Crippen molar-refractivity contribution in [1.82, 2.24) is 0 Å². The minimum Gasteiger partial charge on any atom is -0.493 e. The third-order valence-electron chi connectivity index (χ3n) is 4.33. The molecule has 0 radical (unpaired) electrons. The molecule has 0 aliphatic heterocycles. The van der Waals surface area contributed by atoms with E-state index in [0.717, 1.165) is 13.6 Å². The fraction of sp³-hybridized carbons (Fsp3) is 0.0833. The number of methoxy groups -OCH3 is 1. The van der Waals surface area contributed by atoms with Crippen molar-refractivity contribution in [1.29, 1.82) is 5.26 Å². The van der Waals surface area contributed by atoms with Crippen LogP contribution in [0.15, 0.2) is 75.2 Å². The summed E-state index contributed by atoms with van der Waals surface area (Å²) >= 11 is 9.11. The van der Waals surface area contributed by atoms with Crippen LogP contribution < -0.4 is 14.8 Å². The van der Waals surface area contributed by atoms with Crippen molar-refractivity contribution in [2.24, 2.45) is 0 Å². The number of hydrogen-bond donors (Lipinski definition) is 1. The zero-order chi connectivity index (χ0) is 23.1. The molecular formula is C24H17Br2IN2O3. The van der Waals surface area contributed by atoms with Crippen LogP contribution in [0.1, 0.15) is 11.1 Å². The van der Waals surface area contributed by atoms with Crippen LogP contribution in [0.5, 0.6) is 11.5 Å². The first-order chi connectivity index (χ1) is 15.4. The third-order valence-corrected chi connectivity index (χ3v) is 6.16. The van der Waals surface area contributed by atoms with Crippen LogP contribution in [0.2, 0.25) is 0 Å². The number of halogens is 3. The monoisotopic (exact) mass is 666 g/mol. The Morgan fingerprint density at radius 2 is 1.81 bits per heavy atom. The summed E-state index contributed by atoms with van der Waals surface area (Å²) in [6.45, 7) is 0.360. The van der Waals surface area contributed by atoms with Crippen LogP contribution in [-0.4, -0.2) is 13.0 Å². The molecule has 0 aliphatic rings. The summed E-state index contributed by atoms with van der Waals surface area (Å²) in [5.74, 6) is 0.534. The van der Waals surface area contributed by atoms with Gasteiger partial charge in [0.15, 0.2) is 11.5 Å². The summed E-state index contributed by atoms with van der Waals surface area (Å²) in [5.41, 5.74) is 2.22. The second kappa shape index (κ2) is 11.5. The van der Waals surface area contributed by atoms with Gasteiger partial charge in [0.05, 0.1) is 11.6 Å². The predicted octanol–water partition coefficient (Wildman–Crippen LogP) is 6.95. The topological polar surface area (TPSA) is 71.3 Å². The Hall–Kier alpha value is -2.35. The first kappa shape index (κ1) is 24.3. The standard InChI is InChI=1S/C24H17Br2IN2O3/c1-31-22-12-16(10-17(13-28)24(30)29-20-8-6-19(27)7-9-20)11-21(26)23(22)32-14-15-2-4-18(25)5-3-15/h2-12H,14H2,1H3,(H,29,30)/b17-10+. The zero-order valence-corrected chi connectivity index (χ0v) is 22.2. The molecule has 0 saturated heterocycles. The molecule has 0 heterocycles. The van der Waals surface area contributed by atoms with E-state index in [1.54, 1.807) is 24.3 Å². The number of nitriles is 1. The van der Waals surface area contributed by atoms with Crippen LogP contribution in [-0.2, 0) is 11.4 Å². The zero-order valence-electron chi connectivity index (χ0n) is 16.9. The minimum absolute atomic E-state index is 0.0268. The molecule has 0 fully saturated rings. The second-order valence-corrected chi connectivity index (χ2v) is 9.60. The van der Waals surface area contributed by atoms with Gasteiger partial charge in [-0.15, -0.1) is 0 Å². The molecule has 0 spiro atoms. The number of nitrogens with zero attached hydrogens (tertiary/aromatic N) is 1. The highest BCUT2D eigenvalue weighted by molar-refractivity contribution is 14.1. The van der Waals surface area contributed by atoms with Gasteiger partial charge in [0.1, 0.15) is 18.2 Å². The van der Waals surface area contributed by atoms with Crippen molar-refractivity contribution >= 4 is 72.1 Å². The number of ether oxygens (including phenoxy) is 2. The van der Waals surface area contributed by atoms with E-state index in [0.29, 0.717) is 33.8 Å². The van der Waals surface area contributed by atoms with Gasteiger partial charge >= 0.3 is 0 Å². The number of nitrogens with one attached hydrogen (secondary N) is 1. The molecule has 3 rings (SSSR count). The SMILES string of the molecule is COc1cc(/C=C(\C#N)C(=O)Nc2ccc(I)cc2)cc(Br)c1OCc1ccc(Br)cc1. The lowest BCUT2D eigenvalue weighted by atomic mass is 10.1. The van der Waals surface area contributed by atoms with Crippen molar-refractivity contribution in [3.05, 3.63) is 89.9 Å². The van der Waals surface area contributed by atoms with Crippen molar-refractivity contribution in [3.8, 4) is 17.6 Å². The Labute approximate surface area is 216 Å². The number of benzene rings is 3. The lowest BCUT2D eigenvalue weighted by Gasteiger charge is -2.14. The van der Waals surface area contributed by atoms with Gasteiger partial charge in [0.2, 0.25) is 0 Å².